The van der Waals surface area contributed by atoms with E-state index >= 15 is 0 Å². The van der Waals surface area contributed by atoms with Gasteiger partial charge in [-0.05, 0) is 44.0 Å². The molecule has 1 aromatic rings. The Labute approximate surface area is 124 Å². The third-order valence-corrected chi connectivity index (χ3v) is 2.67. The van der Waals surface area contributed by atoms with Gasteiger partial charge in [-0.2, -0.15) is 0 Å². The van der Waals surface area contributed by atoms with E-state index in [0.717, 1.165) is 0 Å². The molecule has 0 aromatic heterocycles. The molecule has 0 aliphatic heterocycles. The van der Waals surface area contributed by atoms with E-state index in [9.17, 15) is 9.59 Å². The fourth-order valence-electron chi connectivity index (χ4n) is 1.66. The molecule has 0 bridgehead atoms. The molecule has 114 valence electrons. The molecule has 0 amide bonds. The minimum Gasteiger partial charge on any atom is -0.490 e. The van der Waals surface area contributed by atoms with E-state index in [4.69, 9.17) is 14.6 Å². The summed E-state index contributed by atoms with van der Waals surface area (Å²) in [7, 11) is 0. The van der Waals surface area contributed by atoms with Gasteiger partial charge >= 0.3 is 11.9 Å². The summed E-state index contributed by atoms with van der Waals surface area (Å²) in [6.07, 6.45) is 2.58. The smallest absolute Gasteiger partial charge is 0.331 e. The Bertz CT molecular complexity index is 546. The highest BCUT2D eigenvalue weighted by molar-refractivity contribution is 5.91. The van der Waals surface area contributed by atoms with Gasteiger partial charge in [-0.15, -0.1) is 0 Å². The van der Waals surface area contributed by atoms with Crippen molar-refractivity contribution in [1.29, 1.82) is 0 Å². The molecule has 1 N–H and O–H groups in total. The van der Waals surface area contributed by atoms with Crippen molar-refractivity contribution in [2.75, 3.05) is 6.61 Å². The first-order valence-corrected chi connectivity index (χ1v) is 6.87. The normalized spacial score (nSPS) is 11.1. The molecule has 1 aromatic carbocycles. The van der Waals surface area contributed by atoms with E-state index in [2.05, 4.69) is 0 Å². The molecule has 0 heterocycles. The monoisotopic (exact) mass is 292 g/mol. The maximum atomic E-state index is 11.6. The lowest BCUT2D eigenvalue weighted by Gasteiger charge is -2.11. The largest absolute Gasteiger partial charge is 0.490 e. The number of hydrogen-bond acceptors (Lipinski definition) is 4. The Hall–Kier alpha value is -2.30. The maximum Gasteiger partial charge on any atom is 0.331 e. The summed E-state index contributed by atoms with van der Waals surface area (Å²) in [5.74, 6) is -0.524. The van der Waals surface area contributed by atoms with Gasteiger partial charge in [0.25, 0.3) is 0 Å². The highest BCUT2D eigenvalue weighted by Gasteiger charge is 2.11. The molecule has 1 rings (SSSR count). The first kappa shape index (κ1) is 16.8. The molecule has 0 aliphatic rings. The van der Waals surface area contributed by atoms with Crippen molar-refractivity contribution >= 4 is 18.0 Å². The van der Waals surface area contributed by atoms with Crippen LogP contribution < -0.4 is 9.47 Å². The van der Waals surface area contributed by atoms with Crippen molar-refractivity contribution in [3.8, 4) is 11.5 Å². The Balaban J connectivity index is 3.04. The van der Waals surface area contributed by atoms with E-state index in [0.29, 0.717) is 36.5 Å². The Morgan fingerprint density at radius 1 is 1.24 bits per heavy atom. The van der Waals surface area contributed by atoms with Crippen molar-refractivity contribution in [2.45, 2.75) is 33.6 Å². The zero-order valence-electron chi connectivity index (χ0n) is 12.5. The van der Waals surface area contributed by atoms with Gasteiger partial charge in [0, 0.05) is 12.0 Å². The van der Waals surface area contributed by atoms with E-state index < -0.39 is 5.97 Å². The van der Waals surface area contributed by atoms with Gasteiger partial charge in [0.15, 0.2) is 11.5 Å². The van der Waals surface area contributed by atoms with E-state index in [1.54, 1.807) is 18.2 Å². The quantitative estimate of drug-likeness (QED) is 0.474. The highest BCUT2D eigenvalue weighted by Crippen LogP contribution is 2.29. The van der Waals surface area contributed by atoms with Crippen molar-refractivity contribution in [2.24, 2.45) is 0 Å². The van der Waals surface area contributed by atoms with Crippen molar-refractivity contribution in [1.82, 2.24) is 0 Å². The second-order valence-corrected chi connectivity index (χ2v) is 4.50. The number of aliphatic carboxylic acids is 1. The number of hydrogen-bond donors (Lipinski definition) is 1. The van der Waals surface area contributed by atoms with E-state index in [1.165, 1.54) is 13.0 Å². The number of ether oxygens (including phenoxy) is 2. The molecular weight excluding hydrogens is 272 g/mol. The summed E-state index contributed by atoms with van der Waals surface area (Å²) in [6.45, 7) is 5.65. The van der Waals surface area contributed by atoms with Crippen LogP contribution in [-0.4, -0.2) is 23.7 Å². The van der Waals surface area contributed by atoms with Crippen LogP contribution in [0.2, 0.25) is 0 Å². The molecule has 0 aliphatic carbocycles. The summed E-state index contributed by atoms with van der Waals surface area (Å²) in [5.41, 5.74) is 0.891. The summed E-state index contributed by atoms with van der Waals surface area (Å²) in [6, 6.07) is 4.95. The van der Waals surface area contributed by atoms with Gasteiger partial charge in [0.05, 0.1) is 6.61 Å². The van der Waals surface area contributed by atoms with Crippen LogP contribution in [0, 0.1) is 0 Å². The van der Waals surface area contributed by atoms with Crippen LogP contribution in [0.3, 0.4) is 0 Å². The Morgan fingerprint density at radius 3 is 2.52 bits per heavy atom. The lowest BCUT2D eigenvalue weighted by molar-refractivity contribution is -0.134. The van der Waals surface area contributed by atoms with Gasteiger partial charge in [0.1, 0.15) is 0 Å². The molecule has 5 nitrogen and oxygen atoms in total. The topological polar surface area (TPSA) is 72.8 Å². The molecule has 0 unspecified atom stereocenters. The van der Waals surface area contributed by atoms with Crippen LogP contribution in [0.15, 0.2) is 23.8 Å². The molecule has 0 atom stereocenters. The molecule has 0 spiro atoms. The fourth-order valence-corrected chi connectivity index (χ4v) is 1.66. The van der Waals surface area contributed by atoms with Crippen LogP contribution in [0.4, 0.5) is 0 Å². The van der Waals surface area contributed by atoms with Gasteiger partial charge in [-0.25, -0.2) is 4.79 Å². The predicted molar refractivity (Wildman–Crippen MR) is 79.4 cm³/mol. The lowest BCUT2D eigenvalue weighted by atomic mass is 10.1. The third kappa shape index (κ3) is 5.30. The van der Waals surface area contributed by atoms with Crippen LogP contribution in [0.1, 0.15) is 39.2 Å². The third-order valence-electron chi connectivity index (χ3n) is 2.67. The summed E-state index contributed by atoms with van der Waals surface area (Å²) >= 11 is 0. The SMILES string of the molecule is CCCC(=O)Oc1ccc(C=C(C)C(=O)O)cc1OCC. The van der Waals surface area contributed by atoms with Crippen molar-refractivity contribution in [3.05, 3.63) is 29.3 Å². The van der Waals surface area contributed by atoms with Crippen LogP contribution in [-0.2, 0) is 9.59 Å². The summed E-state index contributed by atoms with van der Waals surface area (Å²) < 4.78 is 10.7. The van der Waals surface area contributed by atoms with Gasteiger partial charge in [-0.1, -0.05) is 13.0 Å². The summed E-state index contributed by atoms with van der Waals surface area (Å²) in [4.78, 5) is 22.4. The van der Waals surface area contributed by atoms with Gasteiger partial charge < -0.3 is 14.6 Å². The second-order valence-electron chi connectivity index (χ2n) is 4.50. The van der Waals surface area contributed by atoms with Crippen molar-refractivity contribution < 1.29 is 24.2 Å². The molecule has 0 radical (unpaired) electrons. The first-order chi connectivity index (χ1) is 9.97. The lowest BCUT2D eigenvalue weighted by Crippen LogP contribution is -2.08. The predicted octanol–water partition coefficient (Wildman–Crippen LogP) is 3.28. The Kier molecular flexibility index (Phi) is 6.46. The maximum absolute atomic E-state index is 11.6. The first-order valence-electron chi connectivity index (χ1n) is 6.87. The van der Waals surface area contributed by atoms with Gasteiger partial charge in [0.2, 0.25) is 0 Å². The number of carboxylic acid groups (broad SMARTS) is 1. The van der Waals surface area contributed by atoms with E-state index in [1.807, 2.05) is 13.8 Å². The minimum atomic E-state index is -0.980. The average Bonchev–Trinajstić information content (AvgIpc) is 2.42. The number of benzene rings is 1. The Morgan fingerprint density at radius 2 is 1.95 bits per heavy atom. The zero-order valence-corrected chi connectivity index (χ0v) is 12.5. The molecule has 0 fully saturated rings. The molecule has 0 saturated carbocycles. The van der Waals surface area contributed by atoms with Crippen molar-refractivity contribution in [3.63, 3.8) is 0 Å². The highest BCUT2D eigenvalue weighted by atomic mass is 16.6. The van der Waals surface area contributed by atoms with Crippen LogP contribution in [0.5, 0.6) is 11.5 Å². The minimum absolute atomic E-state index is 0.216. The summed E-state index contributed by atoms with van der Waals surface area (Å²) in [5, 5.41) is 8.88. The number of esters is 1. The average molecular weight is 292 g/mol. The molecule has 5 heteroatoms. The van der Waals surface area contributed by atoms with Crippen LogP contribution in [0.25, 0.3) is 6.08 Å². The number of carbonyl (C=O) groups is 2. The van der Waals surface area contributed by atoms with Gasteiger partial charge in [-0.3, -0.25) is 4.79 Å². The van der Waals surface area contributed by atoms with Crippen LogP contribution >= 0.6 is 0 Å². The fraction of sp³-hybridized carbons (Fsp3) is 0.375. The number of carbonyl (C=O) groups excluding carboxylic acids is 1. The number of rotatable bonds is 7. The van der Waals surface area contributed by atoms with E-state index in [-0.39, 0.29) is 11.5 Å². The molecule has 0 saturated heterocycles. The zero-order chi connectivity index (χ0) is 15.8. The second kappa shape index (κ2) is 8.09. The number of carboxylic acids is 1. The standard InChI is InChI=1S/C16H20O5/c1-4-6-15(17)21-13-8-7-12(9-11(3)16(18)19)10-14(13)20-5-2/h7-10H,4-6H2,1-3H3,(H,18,19). The molecular formula is C16H20O5. The molecule has 21 heavy (non-hydrogen) atoms.